The van der Waals surface area contributed by atoms with Gasteiger partial charge in [-0.15, -0.1) is 11.3 Å². The van der Waals surface area contributed by atoms with E-state index in [1.54, 1.807) is 18.4 Å². The largest absolute Gasteiger partial charge is 0.497 e. The minimum Gasteiger partial charge on any atom is -0.497 e. The molecule has 1 aromatic carbocycles. The molecule has 3 rings (SSSR count). The average Bonchev–Trinajstić information content (AvgIpc) is 2.69. The molecule has 0 unspecified atom stereocenters. The fraction of sp³-hybridized carbons (Fsp3) is 0.154. The van der Waals surface area contributed by atoms with Gasteiger partial charge in [-0.1, -0.05) is 0 Å². The molecule has 16 heavy (non-hydrogen) atoms. The van der Waals surface area contributed by atoms with Crippen LogP contribution in [0.25, 0.3) is 21.0 Å². The Morgan fingerprint density at radius 2 is 2.06 bits per heavy atom. The zero-order valence-corrected chi connectivity index (χ0v) is 9.97. The van der Waals surface area contributed by atoms with Gasteiger partial charge in [0, 0.05) is 21.8 Å². The van der Waals surface area contributed by atoms with E-state index in [0.29, 0.717) is 0 Å². The minimum atomic E-state index is 0.880. The molecule has 3 aromatic rings. The van der Waals surface area contributed by atoms with Gasteiger partial charge in [-0.3, -0.25) is 4.98 Å². The molecule has 0 fully saturated rings. The summed E-state index contributed by atoms with van der Waals surface area (Å²) in [5.74, 6) is 0.880. The van der Waals surface area contributed by atoms with Crippen LogP contribution in [-0.2, 0) is 0 Å². The van der Waals surface area contributed by atoms with E-state index in [0.717, 1.165) is 11.3 Å². The van der Waals surface area contributed by atoms with E-state index in [1.165, 1.54) is 20.3 Å². The molecule has 0 aliphatic rings. The Hall–Kier alpha value is -1.61. The van der Waals surface area contributed by atoms with E-state index < -0.39 is 0 Å². The molecule has 0 saturated carbocycles. The summed E-state index contributed by atoms with van der Waals surface area (Å²) in [5, 5.41) is 2.44. The predicted molar refractivity (Wildman–Crippen MR) is 68.4 cm³/mol. The maximum atomic E-state index is 5.25. The van der Waals surface area contributed by atoms with E-state index in [9.17, 15) is 0 Å². The molecular weight excluding hydrogens is 218 g/mol. The highest BCUT2D eigenvalue weighted by atomic mass is 32.1. The Labute approximate surface area is 97.5 Å². The quantitative estimate of drug-likeness (QED) is 0.633. The van der Waals surface area contributed by atoms with Gasteiger partial charge in [-0.2, -0.15) is 0 Å². The van der Waals surface area contributed by atoms with Crippen molar-refractivity contribution >= 4 is 32.3 Å². The molecule has 2 aromatic heterocycles. The molecule has 0 N–H and O–H groups in total. The zero-order valence-electron chi connectivity index (χ0n) is 9.15. The van der Waals surface area contributed by atoms with E-state index >= 15 is 0 Å². The summed E-state index contributed by atoms with van der Waals surface area (Å²) in [6, 6.07) is 8.21. The Balaban J connectivity index is 2.46. The van der Waals surface area contributed by atoms with Crippen LogP contribution in [0, 0.1) is 6.92 Å². The van der Waals surface area contributed by atoms with Crippen LogP contribution in [0.3, 0.4) is 0 Å². The number of aromatic nitrogens is 1. The second-order valence-corrected chi connectivity index (χ2v) is 5.06. The topological polar surface area (TPSA) is 22.1 Å². The lowest BCUT2D eigenvalue weighted by Gasteiger charge is -2.02. The lowest BCUT2D eigenvalue weighted by molar-refractivity contribution is 0.415. The third-order valence-electron chi connectivity index (χ3n) is 2.70. The first-order valence-corrected chi connectivity index (χ1v) is 5.92. The number of hydrogen-bond donors (Lipinski definition) is 0. The molecule has 0 radical (unpaired) electrons. The van der Waals surface area contributed by atoms with E-state index in [1.807, 2.05) is 18.3 Å². The number of nitrogens with zero attached hydrogens (tertiary/aromatic N) is 1. The third kappa shape index (κ3) is 1.36. The van der Waals surface area contributed by atoms with Gasteiger partial charge in [0.25, 0.3) is 0 Å². The van der Waals surface area contributed by atoms with Crippen molar-refractivity contribution < 1.29 is 4.74 Å². The van der Waals surface area contributed by atoms with Crippen LogP contribution < -0.4 is 4.74 Å². The summed E-state index contributed by atoms with van der Waals surface area (Å²) < 4.78 is 6.49. The molecule has 2 nitrogen and oxygen atoms in total. The van der Waals surface area contributed by atoms with Crippen molar-refractivity contribution in [3.8, 4) is 5.75 Å². The van der Waals surface area contributed by atoms with Crippen molar-refractivity contribution in [2.75, 3.05) is 7.11 Å². The molecule has 3 heteroatoms. The molecule has 0 amide bonds. The highest BCUT2D eigenvalue weighted by molar-refractivity contribution is 7.19. The number of hydrogen-bond acceptors (Lipinski definition) is 3. The van der Waals surface area contributed by atoms with Gasteiger partial charge in [0.2, 0.25) is 0 Å². The van der Waals surface area contributed by atoms with Crippen molar-refractivity contribution in [3.05, 3.63) is 35.3 Å². The van der Waals surface area contributed by atoms with Gasteiger partial charge in [-0.05, 0) is 31.2 Å². The van der Waals surface area contributed by atoms with Crippen LogP contribution in [0.15, 0.2) is 30.5 Å². The van der Waals surface area contributed by atoms with Gasteiger partial charge in [0.05, 0.1) is 17.3 Å². The fourth-order valence-electron chi connectivity index (χ4n) is 1.94. The number of benzene rings is 1. The summed E-state index contributed by atoms with van der Waals surface area (Å²) in [7, 11) is 1.69. The monoisotopic (exact) mass is 229 g/mol. The SMILES string of the molecule is COc1ccc2ncc3sc(C)cc3c2c1. The molecule has 0 aliphatic carbocycles. The molecule has 0 atom stereocenters. The molecule has 0 saturated heterocycles. The van der Waals surface area contributed by atoms with Gasteiger partial charge in [0.1, 0.15) is 5.75 Å². The first-order chi connectivity index (χ1) is 7.78. The van der Waals surface area contributed by atoms with E-state index in [4.69, 9.17) is 4.74 Å². The molecule has 80 valence electrons. The highest BCUT2D eigenvalue weighted by Crippen LogP contribution is 2.32. The zero-order chi connectivity index (χ0) is 11.1. The summed E-state index contributed by atoms with van der Waals surface area (Å²) in [6.07, 6.45) is 1.95. The number of methoxy groups -OCH3 is 1. The van der Waals surface area contributed by atoms with Crippen molar-refractivity contribution in [2.24, 2.45) is 0 Å². The second-order valence-electron chi connectivity index (χ2n) is 3.78. The average molecular weight is 229 g/mol. The Kier molecular flexibility index (Phi) is 2.07. The van der Waals surface area contributed by atoms with Crippen molar-refractivity contribution in [2.45, 2.75) is 6.92 Å². The van der Waals surface area contributed by atoms with Crippen molar-refractivity contribution in [1.29, 1.82) is 0 Å². The summed E-state index contributed by atoms with van der Waals surface area (Å²) in [5.41, 5.74) is 1.02. The molecule has 2 heterocycles. The van der Waals surface area contributed by atoms with Gasteiger partial charge >= 0.3 is 0 Å². The van der Waals surface area contributed by atoms with Crippen molar-refractivity contribution in [3.63, 3.8) is 0 Å². The smallest absolute Gasteiger partial charge is 0.119 e. The third-order valence-corrected chi connectivity index (χ3v) is 3.68. The second kappa shape index (κ2) is 3.46. The Bertz CT molecular complexity index is 672. The number of thiophene rings is 1. The molecule has 0 spiro atoms. The predicted octanol–water partition coefficient (Wildman–Crippen LogP) is 3.77. The molecular formula is C13H11NOS. The number of rotatable bonds is 1. The number of fused-ring (bicyclic) bond motifs is 3. The number of aryl methyl sites for hydroxylation is 1. The van der Waals surface area contributed by atoms with Gasteiger partial charge in [-0.25, -0.2) is 0 Å². The summed E-state index contributed by atoms with van der Waals surface area (Å²) in [6.45, 7) is 2.12. The van der Waals surface area contributed by atoms with Crippen LogP contribution >= 0.6 is 11.3 Å². The van der Waals surface area contributed by atoms with Gasteiger partial charge in [0.15, 0.2) is 0 Å². The molecule has 0 bridgehead atoms. The lowest BCUT2D eigenvalue weighted by atomic mass is 10.1. The maximum Gasteiger partial charge on any atom is 0.119 e. The number of ether oxygens (including phenoxy) is 1. The van der Waals surface area contributed by atoms with Crippen LogP contribution in [-0.4, -0.2) is 12.1 Å². The van der Waals surface area contributed by atoms with Crippen LogP contribution in [0.4, 0.5) is 0 Å². The van der Waals surface area contributed by atoms with Crippen LogP contribution in [0.2, 0.25) is 0 Å². The highest BCUT2D eigenvalue weighted by Gasteiger charge is 2.05. The Morgan fingerprint density at radius 1 is 1.19 bits per heavy atom. The van der Waals surface area contributed by atoms with Crippen LogP contribution in [0.1, 0.15) is 4.88 Å². The first-order valence-electron chi connectivity index (χ1n) is 5.11. The maximum absolute atomic E-state index is 5.25. The van der Waals surface area contributed by atoms with Gasteiger partial charge < -0.3 is 4.74 Å². The summed E-state index contributed by atoms with van der Waals surface area (Å²) in [4.78, 5) is 5.77. The van der Waals surface area contributed by atoms with Crippen LogP contribution in [0.5, 0.6) is 5.75 Å². The fourth-order valence-corrected chi connectivity index (χ4v) is 2.85. The standard InChI is InChI=1S/C13H11NOS/c1-8-5-11-10-6-9(15-2)3-4-12(10)14-7-13(11)16-8/h3-7H,1-2H3. The lowest BCUT2D eigenvalue weighted by Crippen LogP contribution is -1.84. The summed E-state index contributed by atoms with van der Waals surface area (Å²) >= 11 is 1.78. The Morgan fingerprint density at radius 3 is 2.88 bits per heavy atom. The van der Waals surface area contributed by atoms with Crippen molar-refractivity contribution in [1.82, 2.24) is 4.98 Å². The van der Waals surface area contributed by atoms with E-state index in [-0.39, 0.29) is 0 Å². The number of pyridine rings is 1. The molecule has 0 aliphatic heterocycles. The van der Waals surface area contributed by atoms with E-state index in [2.05, 4.69) is 24.0 Å². The normalized spacial score (nSPS) is 11.1. The minimum absolute atomic E-state index is 0.880. The first kappa shape index (κ1) is 9.60.